The van der Waals surface area contributed by atoms with Crippen molar-refractivity contribution in [1.82, 2.24) is 15.1 Å². The Balaban J connectivity index is 1.48. The molecule has 1 aliphatic carbocycles. The molecule has 23 heavy (non-hydrogen) atoms. The first-order valence-electron chi connectivity index (χ1n) is 8.14. The second-order valence-corrected chi connectivity index (χ2v) is 6.11. The smallest absolute Gasteiger partial charge is 0.306 e. The van der Waals surface area contributed by atoms with Gasteiger partial charge in [-0.15, -0.1) is 0 Å². The third-order valence-electron chi connectivity index (χ3n) is 4.09. The van der Waals surface area contributed by atoms with Crippen LogP contribution in [0.5, 0.6) is 0 Å². The molecule has 2 atom stereocenters. The molecule has 6 nitrogen and oxygen atoms in total. The van der Waals surface area contributed by atoms with Crippen molar-refractivity contribution < 1.29 is 14.1 Å². The molecule has 0 spiro atoms. The number of hydrogen-bond donors (Lipinski definition) is 0. The van der Waals surface area contributed by atoms with Gasteiger partial charge in [-0.1, -0.05) is 24.6 Å². The third kappa shape index (κ3) is 4.37. The van der Waals surface area contributed by atoms with E-state index in [2.05, 4.69) is 22.0 Å². The molecule has 122 valence electrons. The number of esters is 1. The number of carbonyl (C=O) groups is 1. The van der Waals surface area contributed by atoms with E-state index in [0.717, 1.165) is 19.3 Å². The minimum absolute atomic E-state index is 0.0676. The Kier molecular flexibility index (Phi) is 5.00. The number of rotatable bonds is 5. The van der Waals surface area contributed by atoms with Crippen LogP contribution in [-0.2, 0) is 16.0 Å². The first kappa shape index (κ1) is 15.6. The van der Waals surface area contributed by atoms with Crippen molar-refractivity contribution in [1.29, 1.82) is 0 Å². The fourth-order valence-corrected chi connectivity index (χ4v) is 2.89. The maximum Gasteiger partial charge on any atom is 0.306 e. The van der Waals surface area contributed by atoms with Gasteiger partial charge in [0.25, 0.3) is 0 Å². The predicted octanol–water partition coefficient (Wildman–Crippen LogP) is 3.19. The van der Waals surface area contributed by atoms with Crippen LogP contribution in [0.4, 0.5) is 0 Å². The lowest BCUT2D eigenvalue weighted by molar-refractivity contribution is -0.151. The van der Waals surface area contributed by atoms with Crippen molar-refractivity contribution in [2.75, 3.05) is 0 Å². The second-order valence-electron chi connectivity index (χ2n) is 6.11. The van der Waals surface area contributed by atoms with Crippen LogP contribution >= 0.6 is 0 Å². The van der Waals surface area contributed by atoms with Crippen molar-refractivity contribution in [3.8, 4) is 11.5 Å². The van der Waals surface area contributed by atoms with Gasteiger partial charge in [-0.05, 0) is 37.3 Å². The third-order valence-corrected chi connectivity index (χ3v) is 4.09. The average molecular weight is 315 g/mol. The zero-order valence-corrected chi connectivity index (χ0v) is 13.3. The van der Waals surface area contributed by atoms with E-state index in [1.54, 1.807) is 6.20 Å². The van der Waals surface area contributed by atoms with Crippen LogP contribution in [0.2, 0.25) is 0 Å². The molecule has 2 aromatic rings. The van der Waals surface area contributed by atoms with Gasteiger partial charge in [0, 0.05) is 12.6 Å². The fourth-order valence-electron chi connectivity index (χ4n) is 2.89. The minimum Gasteiger partial charge on any atom is -0.462 e. The summed E-state index contributed by atoms with van der Waals surface area (Å²) in [6.45, 7) is 2.21. The summed E-state index contributed by atoms with van der Waals surface area (Å²) in [5.41, 5.74) is 0.654. The standard InChI is InChI=1S/C17H21N3O3/c1-12-5-4-6-13(11-12)22-16(21)9-8-15-19-17(20-23-15)14-7-2-3-10-18-14/h2-3,7,10,12-13H,4-6,8-9,11H2,1H3. The van der Waals surface area contributed by atoms with Crippen LogP contribution in [0.3, 0.4) is 0 Å². The van der Waals surface area contributed by atoms with Crippen LogP contribution in [0.1, 0.15) is 44.9 Å². The largest absolute Gasteiger partial charge is 0.462 e. The Labute approximate surface area is 135 Å². The molecule has 3 rings (SSSR count). The van der Waals surface area contributed by atoms with E-state index in [1.165, 1.54) is 6.42 Å². The van der Waals surface area contributed by atoms with E-state index >= 15 is 0 Å². The van der Waals surface area contributed by atoms with Crippen molar-refractivity contribution in [2.45, 2.75) is 51.6 Å². The monoisotopic (exact) mass is 315 g/mol. The molecule has 6 heteroatoms. The molecule has 0 amide bonds. The van der Waals surface area contributed by atoms with E-state index in [-0.39, 0.29) is 18.5 Å². The SMILES string of the molecule is CC1CCCC(OC(=O)CCc2nc(-c3ccccn3)no2)C1. The molecule has 2 aromatic heterocycles. The highest BCUT2D eigenvalue weighted by Gasteiger charge is 2.22. The van der Waals surface area contributed by atoms with Crippen molar-refractivity contribution in [3.63, 3.8) is 0 Å². The lowest BCUT2D eigenvalue weighted by Crippen LogP contribution is -2.24. The molecule has 0 aromatic carbocycles. The number of pyridine rings is 1. The van der Waals surface area contributed by atoms with Gasteiger partial charge in [0.15, 0.2) is 0 Å². The van der Waals surface area contributed by atoms with E-state index in [1.807, 2.05) is 18.2 Å². The molecule has 2 heterocycles. The van der Waals surface area contributed by atoms with Crippen molar-refractivity contribution >= 4 is 5.97 Å². The summed E-state index contributed by atoms with van der Waals surface area (Å²) in [7, 11) is 0. The predicted molar refractivity (Wildman–Crippen MR) is 83.4 cm³/mol. The summed E-state index contributed by atoms with van der Waals surface area (Å²) in [5, 5.41) is 3.89. The molecule has 0 N–H and O–H groups in total. The minimum atomic E-state index is -0.193. The zero-order chi connectivity index (χ0) is 16.1. The molecule has 0 saturated heterocycles. The van der Waals surface area contributed by atoms with Crippen LogP contribution < -0.4 is 0 Å². The maximum atomic E-state index is 11.9. The highest BCUT2D eigenvalue weighted by Crippen LogP contribution is 2.26. The molecule has 1 fully saturated rings. The van der Waals surface area contributed by atoms with Crippen LogP contribution in [0.25, 0.3) is 11.5 Å². The highest BCUT2D eigenvalue weighted by molar-refractivity contribution is 5.69. The van der Waals surface area contributed by atoms with Crippen molar-refractivity contribution in [2.24, 2.45) is 5.92 Å². The quantitative estimate of drug-likeness (QED) is 0.789. The Morgan fingerprint density at radius 2 is 2.30 bits per heavy atom. The van der Waals surface area contributed by atoms with Gasteiger partial charge in [-0.2, -0.15) is 4.98 Å². The Hall–Kier alpha value is -2.24. The number of carbonyl (C=O) groups excluding carboxylic acids is 1. The molecular formula is C17H21N3O3. The molecule has 0 bridgehead atoms. The number of hydrogen-bond acceptors (Lipinski definition) is 6. The molecule has 0 radical (unpaired) electrons. The van der Waals surface area contributed by atoms with Gasteiger partial charge >= 0.3 is 5.97 Å². The fraction of sp³-hybridized carbons (Fsp3) is 0.529. The van der Waals surface area contributed by atoms with Gasteiger partial charge in [0.2, 0.25) is 11.7 Å². The summed E-state index contributed by atoms with van der Waals surface area (Å²) in [4.78, 5) is 20.4. The summed E-state index contributed by atoms with van der Waals surface area (Å²) in [6.07, 6.45) is 6.70. The summed E-state index contributed by atoms with van der Waals surface area (Å²) >= 11 is 0. The summed E-state index contributed by atoms with van der Waals surface area (Å²) < 4.78 is 10.7. The van der Waals surface area contributed by atoms with Crippen molar-refractivity contribution in [3.05, 3.63) is 30.3 Å². The van der Waals surface area contributed by atoms with Crippen LogP contribution in [-0.4, -0.2) is 27.2 Å². The van der Waals surface area contributed by atoms with Gasteiger partial charge in [0.1, 0.15) is 11.8 Å². The number of nitrogens with zero attached hydrogens (tertiary/aromatic N) is 3. The van der Waals surface area contributed by atoms with Gasteiger partial charge in [-0.3, -0.25) is 9.78 Å². The molecule has 1 aliphatic rings. The van der Waals surface area contributed by atoms with E-state index in [0.29, 0.717) is 29.7 Å². The lowest BCUT2D eigenvalue weighted by atomic mass is 9.89. The van der Waals surface area contributed by atoms with Crippen LogP contribution in [0.15, 0.2) is 28.9 Å². The Bertz CT molecular complexity index is 642. The second kappa shape index (κ2) is 7.35. The normalized spacial score (nSPS) is 21.1. The zero-order valence-electron chi connectivity index (χ0n) is 13.3. The molecular weight excluding hydrogens is 294 g/mol. The van der Waals surface area contributed by atoms with Gasteiger partial charge < -0.3 is 9.26 Å². The van der Waals surface area contributed by atoms with E-state index in [4.69, 9.17) is 9.26 Å². The van der Waals surface area contributed by atoms with Crippen LogP contribution in [0, 0.1) is 5.92 Å². The van der Waals surface area contributed by atoms with Gasteiger partial charge in [0.05, 0.1) is 6.42 Å². The first-order chi connectivity index (χ1) is 11.2. The topological polar surface area (TPSA) is 78.1 Å². The lowest BCUT2D eigenvalue weighted by Gasteiger charge is -2.26. The molecule has 1 saturated carbocycles. The highest BCUT2D eigenvalue weighted by atomic mass is 16.5. The average Bonchev–Trinajstić information content (AvgIpc) is 3.03. The number of aryl methyl sites for hydroxylation is 1. The first-order valence-corrected chi connectivity index (χ1v) is 8.14. The summed E-state index contributed by atoms with van der Waals surface area (Å²) in [6, 6.07) is 5.50. The Morgan fingerprint density at radius 1 is 1.39 bits per heavy atom. The maximum absolute atomic E-state index is 11.9. The number of ether oxygens (including phenoxy) is 1. The van der Waals surface area contributed by atoms with E-state index in [9.17, 15) is 4.79 Å². The molecule has 0 aliphatic heterocycles. The van der Waals surface area contributed by atoms with Gasteiger partial charge in [-0.25, -0.2) is 0 Å². The molecule has 2 unspecified atom stereocenters. The van der Waals surface area contributed by atoms with E-state index < -0.39 is 0 Å². The Morgan fingerprint density at radius 3 is 3.09 bits per heavy atom. The number of aromatic nitrogens is 3. The summed E-state index contributed by atoms with van der Waals surface area (Å²) in [5.74, 6) is 1.31.